The first kappa shape index (κ1) is 9.86. The summed E-state index contributed by atoms with van der Waals surface area (Å²) in [7, 11) is 4.67. The van der Waals surface area contributed by atoms with Crippen LogP contribution in [0, 0.1) is 5.41 Å². The second-order valence-corrected chi connectivity index (χ2v) is 3.33. The van der Waals surface area contributed by atoms with E-state index in [0.717, 1.165) is 0 Å². The molecule has 0 bridgehead atoms. The van der Waals surface area contributed by atoms with Gasteiger partial charge in [-0.05, 0) is 12.8 Å². The van der Waals surface area contributed by atoms with Crippen LogP contribution in [0.5, 0.6) is 0 Å². The van der Waals surface area contributed by atoms with Gasteiger partial charge in [-0.15, -0.1) is 0 Å². The van der Waals surface area contributed by atoms with Crippen molar-refractivity contribution >= 4 is 7.85 Å². The Morgan fingerprint density at radius 3 is 1.75 bits per heavy atom. The highest BCUT2D eigenvalue weighted by Gasteiger charge is 2.64. The third-order valence-corrected chi connectivity index (χ3v) is 2.05. The normalized spacial score (nSPS) is 22.4. The Balaban J connectivity index is 2.63. The molecule has 0 aromatic carbocycles. The summed E-state index contributed by atoms with van der Waals surface area (Å²) in [5, 5.41) is 17.2. The lowest BCUT2D eigenvalue weighted by Gasteiger charge is -2.25. The first-order valence-electron chi connectivity index (χ1n) is 3.47. The lowest BCUT2D eigenvalue weighted by molar-refractivity contribution is -0.215. The zero-order valence-corrected chi connectivity index (χ0v) is 6.23. The summed E-state index contributed by atoms with van der Waals surface area (Å²) < 4.78 is 36.4. The standard InChI is InChI=1S/C6H8BF3O2/c7-5(11,12)3-4(1-2-4)6(8,9)10/h11-12H,1-3H2. The lowest BCUT2D eigenvalue weighted by Crippen LogP contribution is -2.37. The molecule has 0 heterocycles. The highest BCUT2D eigenvalue weighted by atomic mass is 19.4. The van der Waals surface area contributed by atoms with E-state index in [-0.39, 0.29) is 12.8 Å². The van der Waals surface area contributed by atoms with Crippen molar-refractivity contribution in [2.24, 2.45) is 5.41 Å². The SMILES string of the molecule is [B]C(O)(O)CC1(C(F)(F)F)CC1. The molecule has 0 amide bonds. The minimum atomic E-state index is -4.39. The molecule has 1 aliphatic carbocycles. The minimum Gasteiger partial charge on any atom is -0.375 e. The van der Waals surface area contributed by atoms with Gasteiger partial charge in [-0.1, -0.05) is 0 Å². The van der Waals surface area contributed by atoms with Crippen LogP contribution in [0.4, 0.5) is 13.2 Å². The Hall–Kier alpha value is -0.225. The summed E-state index contributed by atoms with van der Waals surface area (Å²) in [5.41, 5.74) is -4.67. The van der Waals surface area contributed by atoms with Crippen LogP contribution in [0.25, 0.3) is 0 Å². The van der Waals surface area contributed by atoms with Crippen LogP contribution in [-0.2, 0) is 0 Å². The van der Waals surface area contributed by atoms with Crippen LogP contribution in [0.15, 0.2) is 0 Å². The van der Waals surface area contributed by atoms with Crippen LogP contribution in [0.1, 0.15) is 19.3 Å². The predicted octanol–water partition coefficient (Wildman–Crippen LogP) is 0.526. The molecule has 2 N–H and O–H groups in total. The van der Waals surface area contributed by atoms with Gasteiger partial charge in [-0.3, -0.25) is 0 Å². The first-order valence-corrected chi connectivity index (χ1v) is 3.47. The Morgan fingerprint density at radius 1 is 1.25 bits per heavy atom. The molecule has 6 heteroatoms. The van der Waals surface area contributed by atoms with Gasteiger partial charge in [-0.25, -0.2) is 0 Å². The van der Waals surface area contributed by atoms with Gasteiger partial charge in [0.15, 0.2) is 7.85 Å². The van der Waals surface area contributed by atoms with Crippen molar-refractivity contribution in [2.75, 3.05) is 0 Å². The molecule has 0 atom stereocenters. The zero-order chi connectivity index (χ0) is 9.62. The van der Waals surface area contributed by atoms with Crippen LogP contribution >= 0.6 is 0 Å². The van der Waals surface area contributed by atoms with Gasteiger partial charge in [0.1, 0.15) is 5.69 Å². The Kier molecular flexibility index (Phi) is 1.96. The highest BCUT2D eigenvalue weighted by Crippen LogP contribution is 2.61. The van der Waals surface area contributed by atoms with Crippen LogP contribution in [0.2, 0.25) is 0 Å². The van der Waals surface area contributed by atoms with Gasteiger partial charge in [0.05, 0.1) is 5.41 Å². The van der Waals surface area contributed by atoms with Crippen LogP contribution in [-0.4, -0.2) is 29.9 Å². The summed E-state index contributed by atoms with van der Waals surface area (Å²) in [6, 6.07) is 0. The van der Waals surface area contributed by atoms with Crippen molar-refractivity contribution in [2.45, 2.75) is 31.1 Å². The van der Waals surface area contributed by atoms with E-state index >= 15 is 0 Å². The van der Waals surface area contributed by atoms with E-state index in [1.165, 1.54) is 0 Å². The summed E-state index contributed by atoms with van der Waals surface area (Å²) in [6.45, 7) is 0. The molecule has 1 rings (SSSR count). The Morgan fingerprint density at radius 2 is 1.67 bits per heavy atom. The van der Waals surface area contributed by atoms with E-state index in [0.29, 0.717) is 0 Å². The molecule has 1 aliphatic rings. The summed E-state index contributed by atoms with van der Waals surface area (Å²) in [5.74, 6) is 0. The van der Waals surface area contributed by atoms with E-state index in [1.807, 2.05) is 0 Å². The van der Waals surface area contributed by atoms with E-state index in [1.54, 1.807) is 0 Å². The highest BCUT2D eigenvalue weighted by molar-refractivity contribution is 6.12. The maximum atomic E-state index is 12.1. The van der Waals surface area contributed by atoms with Crippen molar-refractivity contribution in [3.05, 3.63) is 0 Å². The molecule has 0 aliphatic heterocycles. The smallest absolute Gasteiger partial charge is 0.375 e. The molecule has 2 nitrogen and oxygen atoms in total. The minimum absolute atomic E-state index is 0.0728. The van der Waals surface area contributed by atoms with Crippen LogP contribution in [0.3, 0.4) is 0 Å². The van der Waals surface area contributed by atoms with Gasteiger partial charge >= 0.3 is 6.18 Å². The number of aliphatic hydroxyl groups is 2. The molecule has 0 aromatic rings. The van der Waals surface area contributed by atoms with Crippen molar-refractivity contribution in [1.82, 2.24) is 0 Å². The second kappa shape index (κ2) is 2.39. The fraction of sp³-hybridized carbons (Fsp3) is 1.00. The molecule has 0 unspecified atom stereocenters. The second-order valence-electron chi connectivity index (χ2n) is 3.33. The molecular formula is C6H8BF3O2. The van der Waals surface area contributed by atoms with Crippen LogP contribution < -0.4 is 0 Å². The van der Waals surface area contributed by atoms with Gasteiger partial charge in [-0.2, -0.15) is 13.2 Å². The van der Waals surface area contributed by atoms with Crippen molar-refractivity contribution < 1.29 is 23.4 Å². The topological polar surface area (TPSA) is 40.5 Å². The summed E-state index contributed by atoms with van der Waals surface area (Å²) >= 11 is 0. The molecule has 1 saturated carbocycles. The van der Waals surface area contributed by atoms with Gasteiger partial charge < -0.3 is 10.2 Å². The fourth-order valence-electron chi connectivity index (χ4n) is 1.21. The van der Waals surface area contributed by atoms with E-state index < -0.39 is 23.7 Å². The monoisotopic (exact) mass is 180 g/mol. The molecule has 0 spiro atoms. The number of halogens is 3. The van der Waals surface area contributed by atoms with E-state index in [2.05, 4.69) is 7.85 Å². The zero-order valence-electron chi connectivity index (χ0n) is 6.23. The largest absolute Gasteiger partial charge is 0.394 e. The molecule has 12 heavy (non-hydrogen) atoms. The van der Waals surface area contributed by atoms with Gasteiger partial charge in [0.25, 0.3) is 0 Å². The molecule has 2 radical (unpaired) electrons. The first-order chi connectivity index (χ1) is 5.16. The fourth-order valence-corrected chi connectivity index (χ4v) is 1.21. The molecule has 0 aromatic heterocycles. The third-order valence-electron chi connectivity index (χ3n) is 2.05. The average molecular weight is 180 g/mol. The van der Waals surface area contributed by atoms with Crippen molar-refractivity contribution in [1.29, 1.82) is 0 Å². The number of hydrogen-bond donors (Lipinski definition) is 2. The number of alkyl halides is 3. The molecule has 0 saturated heterocycles. The van der Waals surface area contributed by atoms with Gasteiger partial charge in [0.2, 0.25) is 0 Å². The Labute approximate surface area is 68.8 Å². The van der Waals surface area contributed by atoms with E-state index in [9.17, 15) is 13.2 Å². The number of hydrogen-bond acceptors (Lipinski definition) is 2. The maximum absolute atomic E-state index is 12.1. The Bertz CT molecular complexity index is 180. The summed E-state index contributed by atoms with van der Waals surface area (Å²) in [4.78, 5) is 0. The quantitative estimate of drug-likeness (QED) is 0.480. The van der Waals surface area contributed by atoms with Crippen molar-refractivity contribution in [3.63, 3.8) is 0 Å². The number of rotatable bonds is 2. The average Bonchev–Trinajstić information content (AvgIpc) is 2.39. The van der Waals surface area contributed by atoms with Crippen molar-refractivity contribution in [3.8, 4) is 0 Å². The van der Waals surface area contributed by atoms with Gasteiger partial charge in [0, 0.05) is 6.42 Å². The molecular weight excluding hydrogens is 172 g/mol. The summed E-state index contributed by atoms with van der Waals surface area (Å²) in [6.07, 6.45) is -5.38. The van der Waals surface area contributed by atoms with E-state index in [4.69, 9.17) is 10.2 Å². The predicted molar refractivity (Wildman–Crippen MR) is 35.3 cm³/mol. The maximum Gasteiger partial charge on any atom is 0.394 e. The molecule has 1 fully saturated rings. The lowest BCUT2D eigenvalue weighted by atomic mass is 9.83. The molecule has 68 valence electrons. The third kappa shape index (κ3) is 1.92.